The first-order chi connectivity index (χ1) is 19.6. The summed E-state index contributed by atoms with van der Waals surface area (Å²) in [6.07, 6.45) is 0.344. The summed E-state index contributed by atoms with van der Waals surface area (Å²) in [7, 11) is -1.34. The maximum atomic E-state index is 14.2. The van der Waals surface area contributed by atoms with E-state index in [2.05, 4.69) is 5.32 Å². The molecule has 10 heteroatoms. The summed E-state index contributed by atoms with van der Waals surface area (Å²) in [6.45, 7) is 5.82. The highest BCUT2D eigenvalue weighted by Crippen LogP contribution is 2.36. The number of hydrogen-bond acceptors (Lipinski definition) is 6. The number of nitrogens with one attached hydrogen (secondary N) is 1. The van der Waals surface area contributed by atoms with E-state index in [-0.39, 0.29) is 34.7 Å². The van der Waals surface area contributed by atoms with Gasteiger partial charge in [-0.1, -0.05) is 69.3 Å². The summed E-state index contributed by atoms with van der Waals surface area (Å²) in [5, 5.41) is 2.93. The van der Waals surface area contributed by atoms with Gasteiger partial charge >= 0.3 is 0 Å². The largest absolute Gasteiger partial charge is 0.497 e. The smallest absolute Gasteiger partial charge is 0.264 e. The highest BCUT2D eigenvalue weighted by Gasteiger charge is 2.35. The third kappa shape index (κ3) is 8.00. The molecule has 3 aromatic rings. The third-order valence-corrected chi connectivity index (χ3v) is 8.30. The average Bonchev–Trinajstić information content (AvgIpc) is 2.99. The van der Waals surface area contributed by atoms with Gasteiger partial charge in [-0.2, -0.15) is 0 Å². The van der Waals surface area contributed by atoms with Gasteiger partial charge in [-0.05, 0) is 42.2 Å². The van der Waals surface area contributed by atoms with Crippen molar-refractivity contribution in [3.63, 3.8) is 0 Å². The quantitative estimate of drug-likeness (QED) is 0.301. The minimum absolute atomic E-state index is 0.00833. The van der Waals surface area contributed by atoms with Gasteiger partial charge in [0.15, 0.2) is 0 Å². The Morgan fingerprint density at radius 1 is 0.902 bits per heavy atom. The zero-order valence-electron chi connectivity index (χ0n) is 24.2. The molecule has 2 amide bonds. The highest BCUT2D eigenvalue weighted by atomic mass is 32.2. The van der Waals surface area contributed by atoms with Crippen LogP contribution < -0.4 is 19.1 Å². The van der Waals surface area contributed by atoms with Crippen LogP contribution in [-0.2, 0) is 26.2 Å². The molecule has 41 heavy (non-hydrogen) atoms. The molecular formula is C31H39N3O6S. The fraction of sp³-hybridized carbons (Fsp3) is 0.355. The third-order valence-electron chi connectivity index (χ3n) is 6.53. The van der Waals surface area contributed by atoms with E-state index in [1.165, 1.54) is 37.3 Å². The zero-order chi connectivity index (χ0) is 30.0. The molecule has 0 aromatic heterocycles. The predicted molar refractivity (Wildman–Crippen MR) is 159 cm³/mol. The molecule has 220 valence electrons. The standard InChI is InChI=1S/C31H39N3O6S/c1-6-27(31(36)32-20-23(2)3)33(21-24-13-9-7-10-14-24)30(35)22-34(41(37,38)26-15-11-8-12-16-26)28-19-25(39-4)17-18-29(28)40-5/h7-19,23,27H,6,20-22H2,1-5H3,(H,32,36)/t27-/m1/s1. The molecule has 3 aromatic carbocycles. The van der Waals surface area contributed by atoms with Gasteiger partial charge in [0.2, 0.25) is 11.8 Å². The van der Waals surface area contributed by atoms with Gasteiger partial charge in [-0.15, -0.1) is 0 Å². The lowest BCUT2D eigenvalue weighted by Crippen LogP contribution is -2.52. The number of hydrogen-bond donors (Lipinski definition) is 1. The van der Waals surface area contributed by atoms with E-state index in [1.54, 1.807) is 30.3 Å². The highest BCUT2D eigenvalue weighted by molar-refractivity contribution is 7.92. The Bertz CT molecular complexity index is 1400. The van der Waals surface area contributed by atoms with Crippen LogP contribution in [0, 0.1) is 5.92 Å². The number of nitrogens with zero attached hydrogens (tertiary/aromatic N) is 2. The van der Waals surface area contributed by atoms with Gasteiger partial charge in [0.05, 0.1) is 24.8 Å². The molecular weight excluding hydrogens is 542 g/mol. The van der Waals surface area contributed by atoms with Crippen LogP contribution in [0.15, 0.2) is 83.8 Å². The number of benzene rings is 3. The number of carbonyl (C=O) groups excluding carboxylic acids is 2. The van der Waals surface area contributed by atoms with Crippen molar-refractivity contribution in [2.75, 3.05) is 31.6 Å². The van der Waals surface area contributed by atoms with E-state index in [9.17, 15) is 18.0 Å². The molecule has 0 saturated heterocycles. The molecule has 0 heterocycles. The van der Waals surface area contributed by atoms with Crippen LogP contribution in [-0.4, -0.2) is 58.5 Å². The molecule has 0 saturated carbocycles. The lowest BCUT2D eigenvalue weighted by molar-refractivity contribution is -0.140. The fourth-order valence-corrected chi connectivity index (χ4v) is 5.78. The Morgan fingerprint density at radius 2 is 1.54 bits per heavy atom. The van der Waals surface area contributed by atoms with E-state index >= 15 is 0 Å². The van der Waals surface area contributed by atoms with E-state index in [4.69, 9.17) is 9.47 Å². The molecule has 0 aliphatic carbocycles. The number of sulfonamides is 1. The topological polar surface area (TPSA) is 105 Å². The minimum atomic E-state index is -4.24. The van der Waals surface area contributed by atoms with Crippen LogP contribution >= 0.6 is 0 Å². The Morgan fingerprint density at radius 3 is 2.10 bits per heavy atom. The van der Waals surface area contributed by atoms with Crippen molar-refractivity contribution < 1.29 is 27.5 Å². The molecule has 0 radical (unpaired) electrons. The maximum absolute atomic E-state index is 14.2. The van der Waals surface area contributed by atoms with Gasteiger partial charge in [0.1, 0.15) is 24.1 Å². The van der Waals surface area contributed by atoms with Gasteiger partial charge in [-0.25, -0.2) is 8.42 Å². The molecule has 0 fully saturated rings. The van der Waals surface area contributed by atoms with E-state index in [1.807, 2.05) is 51.1 Å². The summed E-state index contributed by atoms with van der Waals surface area (Å²) in [4.78, 5) is 28.9. The summed E-state index contributed by atoms with van der Waals surface area (Å²) in [5.74, 6) is 0.0324. The number of anilines is 1. The SMILES string of the molecule is CC[C@H](C(=O)NCC(C)C)N(Cc1ccccc1)C(=O)CN(c1cc(OC)ccc1OC)S(=O)(=O)c1ccccc1. The number of rotatable bonds is 14. The Balaban J connectivity index is 2.11. The van der Waals surface area contributed by atoms with Crippen molar-refractivity contribution in [3.05, 3.63) is 84.4 Å². The van der Waals surface area contributed by atoms with Gasteiger partial charge in [0.25, 0.3) is 10.0 Å². The van der Waals surface area contributed by atoms with Crippen LogP contribution in [0.2, 0.25) is 0 Å². The Kier molecular flexibility index (Phi) is 11.2. The lowest BCUT2D eigenvalue weighted by Gasteiger charge is -2.33. The first kappa shape index (κ1) is 31.5. The maximum Gasteiger partial charge on any atom is 0.264 e. The van der Waals surface area contributed by atoms with Crippen LogP contribution in [0.3, 0.4) is 0 Å². The molecule has 9 nitrogen and oxygen atoms in total. The average molecular weight is 582 g/mol. The fourth-order valence-electron chi connectivity index (χ4n) is 4.35. The van der Waals surface area contributed by atoms with Crippen LogP contribution in [0.25, 0.3) is 0 Å². The second kappa shape index (κ2) is 14.5. The number of amides is 2. The predicted octanol–water partition coefficient (Wildman–Crippen LogP) is 4.48. The lowest BCUT2D eigenvalue weighted by atomic mass is 10.1. The summed E-state index contributed by atoms with van der Waals surface area (Å²) in [5.41, 5.74) is 0.952. The van der Waals surface area contributed by atoms with Gasteiger partial charge < -0.3 is 19.7 Å². The minimum Gasteiger partial charge on any atom is -0.497 e. The van der Waals surface area contributed by atoms with Crippen LogP contribution in [0.4, 0.5) is 5.69 Å². The van der Waals surface area contributed by atoms with Gasteiger partial charge in [0, 0.05) is 19.2 Å². The van der Waals surface area contributed by atoms with Crippen molar-refractivity contribution in [1.82, 2.24) is 10.2 Å². The molecule has 3 rings (SSSR count). The Labute approximate surface area is 243 Å². The number of carbonyl (C=O) groups is 2. The number of methoxy groups -OCH3 is 2. The second-order valence-electron chi connectivity index (χ2n) is 9.93. The molecule has 1 atom stereocenters. The zero-order valence-corrected chi connectivity index (χ0v) is 25.1. The van der Waals surface area contributed by atoms with Crippen molar-refractivity contribution >= 4 is 27.5 Å². The molecule has 0 aliphatic heterocycles. The number of ether oxygens (including phenoxy) is 2. The van der Waals surface area contributed by atoms with Crippen molar-refractivity contribution in [3.8, 4) is 11.5 Å². The molecule has 0 spiro atoms. The summed E-state index contributed by atoms with van der Waals surface area (Å²) >= 11 is 0. The first-order valence-electron chi connectivity index (χ1n) is 13.5. The van der Waals surface area contributed by atoms with Crippen molar-refractivity contribution in [2.24, 2.45) is 5.92 Å². The monoisotopic (exact) mass is 581 g/mol. The summed E-state index contributed by atoms with van der Waals surface area (Å²) < 4.78 is 40.0. The van der Waals surface area contributed by atoms with Crippen molar-refractivity contribution in [1.29, 1.82) is 0 Å². The second-order valence-corrected chi connectivity index (χ2v) is 11.8. The van der Waals surface area contributed by atoms with Gasteiger partial charge in [-0.3, -0.25) is 13.9 Å². The van der Waals surface area contributed by atoms with Crippen molar-refractivity contribution in [2.45, 2.75) is 44.7 Å². The van der Waals surface area contributed by atoms with E-state index < -0.39 is 28.5 Å². The summed E-state index contributed by atoms with van der Waals surface area (Å²) in [6, 6.07) is 21.1. The molecule has 0 unspecified atom stereocenters. The molecule has 0 bridgehead atoms. The molecule has 1 N–H and O–H groups in total. The van der Waals surface area contributed by atoms with Crippen LogP contribution in [0.5, 0.6) is 11.5 Å². The normalized spacial score (nSPS) is 12.0. The molecule has 0 aliphatic rings. The van der Waals surface area contributed by atoms with E-state index in [0.29, 0.717) is 18.7 Å². The van der Waals surface area contributed by atoms with Crippen LogP contribution in [0.1, 0.15) is 32.8 Å². The van der Waals surface area contributed by atoms with E-state index in [0.717, 1.165) is 9.87 Å². The Hall–Kier alpha value is -4.05. The first-order valence-corrected chi connectivity index (χ1v) is 15.0.